The van der Waals surface area contributed by atoms with Crippen molar-refractivity contribution >= 4 is 23.4 Å². The Balaban J connectivity index is 3.18. The molecule has 1 rings (SSSR count). The van der Waals surface area contributed by atoms with Gasteiger partial charge in [-0.3, -0.25) is 4.79 Å². The van der Waals surface area contributed by atoms with Gasteiger partial charge in [-0.15, -0.1) is 0 Å². The standard InChI is InChI=1S/C9H14N4O5/c1-5-9(6(2)11-17-4,18-12-8(15)16)7(14)13(3)10-5/h12H,1-4H3,(H,15,16)/b11-6+. The van der Waals surface area contributed by atoms with E-state index in [-0.39, 0.29) is 11.4 Å². The van der Waals surface area contributed by atoms with Crippen molar-refractivity contribution < 1.29 is 24.4 Å². The number of carboxylic acid groups (broad SMARTS) is 1. The van der Waals surface area contributed by atoms with Crippen LogP contribution in [0, 0.1) is 0 Å². The fraction of sp³-hybridized carbons (Fsp3) is 0.556. The first-order valence-electron chi connectivity index (χ1n) is 4.95. The number of likely N-dealkylation sites (N-methyl/N-ethyl adjacent to an activating group) is 1. The van der Waals surface area contributed by atoms with Crippen LogP contribution in [0.3, 0.4) is 0 Å². The SMILES string of the molecule is CO/N=C(\C)C1(ONC(=O)O)C(=O)N(C)N=C1C. The van der Waals surface area contributed by atoms with Crippen molar-refractivity contribution in [1.82, 2.24) is 10.5 Å². The molecule has 0 aromatic rings. The summed E-state index contributed by atoms with van der Waals surface area (Å²) in [5.41, 5.74) is 0.381. The average Bonchev–Trinajstić information content (AvgIpc) is 2.49. The molecule has 1 unspecified atom stereocenters. The molecule has 0 saturated carbocycles. The highest BCUT2D eigenvalue weighted by molar-refractivity contribution is 6.31. The molecule has 1 aliphatic rings. The molecule has 0 spiro atoms. The Hall–Kier alpha value is -2.16. The maximum atomic E-state index is 12.1. The maximum absolute atomic E-state index is 12.1. The van der Waals surface area contributed by atoms with Gasteiger partial charge >= 0.3 is 6.09 Å². The van der Waals surface area contributed by atoms with E-state index in [4.69, 9.17) is 9.94 Å². The minimum absolute atomic E-state index is 0.134. The molecular formula is C9H14N4O5. The number of amides is 2. The van der Waals surface area contributed by atoms with Crippen molar-refractivity contribution in [2.24, 2.45) is 10.3 Å². The van der Waals surface area contributed by atoms with E-state index < -0.39 is 17.6 Å². The number of nitrogens with zero attached hydrogens (tertiary/aromatic N) is 3. The lowest BCUT2D eigenvalue weighted by molar-refractivity contribution is -0.143. The van der Waals surface area contributed by atoms with Crippen molar-refractivity contribution in [3.63, 3.8) is 0 Å². The van der Waals surface area contributed by atoms with Crippen molar-refractivity contribution in [2.45, 2.75) is 19.4 Å². The molecule has 2 N–H and O–H groups in total. The molecule has 1 aliphatic heterocycles. The summed E-state index contributed by atoms with van der Waals surface area (Å²) in [6, 6.07) is 0. The smallest absolute Gasteiger partial charge is 0.428 e. The van der Waals surface area contributed by atoms with Gasteiger partial charge in [-0.1, -0.05) is 5.16 Å². The number of carbonyl (C=O) groups is 2. The number of rotatable bonds is 4. The van der Waals surface area contributed by atoms with Gasteiger partial charge in [0, 0.05) is 7.05 Å². The predicted molar refractivity (Wildman–Crippen MR) is 61.0 cm³/mol. The number of oxime groups is 1. The average molecular weight is 258 g/mol. The normalized spacial score (nSPS) is 24.0. The summed E-state index contributed by atoms with van der Waals surface area (Å²) in [6.45, 7) is 3.00. The van der Waals surface area contributed by atoms with E-state index in [0.29, 0.717) is 0 Å². The summed E-state index contributed by atoms with van der Waals surface area (Å²) in [5.74, 6) is -0.563. The Kier molecular flexibility index (Phi) is 3.86. The molecule has 9 nitrogen and oxygen atoms in total. The third-order valence-electron chi connectivity index (χ3n) is 2.43. The van der Waals surface area contributed by atoms with E-state index in [1.165, 1.54) is 28.0 Å². The lowest BCUT2D eigenvalue weighted by Crippen LogP contribution is -2.56. The number of carbonyl (C=O) groups excluding carboxylic acids is 1. The first-order chi connectivity index (χ1) is 8.36. The lowest BCUT2D eigenvalue weighted by Gasteiger charge is -2.25. The maximum Gasteiger partial charge on any atom is 0.428 e. The number of nitrogens with one attached hydrogen (secondary N) is 1. The molecule has 0 fully saturated rings. The summed E-state index contributed by atoms with van der Waals surface area (Å²) in [5, 5.41) is 17.1. The minimum atomic E-state index is -1.71. The van der Waals surface area contributed by atoms with E-state index in [9.17, 15) is 9.59 Å². The van der Waals surface area contributed by atoms with Crippen LogP contribution in [0.1, 0.15) is 13.8 Å². The largest absolute Gasteiger partial charge is 0.464 e. The van der Waals surface area contributed by atoms with Gasteiger partial charge in [0.1, 0.15) is 12.8 Å². The fourth-order valence-corrected chi connectivity index (χ4v) is 1.65. The van der Waals surface area contributed by atoms with Gasteiger partial charge < -0.3 is 9.94 Å². The topological polar surface area (TPSA) is 113 Å². The molecule has 0 radical (unpaired) electrons. The Morgan fingerprint density at radius 1 is 1.61 bits per heavy atom. The minimum Gasteiger partial charge on any atom is -0.464 e. The summed E-state index contributed by atoms with van der Waals surface area (Å²) in [6.07, 6.45) is -1.44. The van der Waals surface area contributed by atoms with Crippen molar-refractivity contribution in [1.29, 1.82) is 0 Å². The second kappa shape index (κ2) is 5.00. The third-order valence-corrected chi connectivity index (χ3v) is 2.43. The van der Waals surface area contributed by atoms with Crippen LogP contribution in [-0.4, -0.2) is 53.3 Å². The first kappa shape index (κ1) is 13.9. The molecule has 0 bridgehead atoms. The van der Waals surface area contributed by atoms with E-state index in [2.05, 4.69) is 15.1 Å². The quantitative estimate of drug-likeness (QED) is 0.535. The molecule has 0 aromatic carbocycles. The Morgan fingerprint density at radius 3 is 2.61 bits per heavy atom. The molecule has 100 valence electrons. The van der Waals surface area contributed by atoms with Crippen LogP contribution in [0.15, 0.2) is 10.3 Å². The second-order valence-electron chi connectivity index (χ2n) is 3.56. The highest BCUT2D eigenvalue weighted by atomic mass is 16.7. The molecule has 0 aromatic heterocycles. The van der Waals surface area contributed by atoms with Gasteiger partial charge in [0.2, 0.25) is 0 Å². The zero-order valence-electron chi connectivity index (χ0n) is 10.4. The highest BCUT2D eigenvalue weighted by Crippen LogP contribution is 2.25. The van der Waals surface area contributed by atoms with Crippen molar-refractivity contribution in [3.05, 3.63) is 0 Å². The molecule has 1 atom stereocenters. The molecule has 0 saturated heterocycles. The number of hydrogen-bond donors (Lipinski definition) is 2. The Labute approximate surface area is 103 Å². The Morgan fingerprint density at radius 2 is 2.22 bits per heavy atom. The van der Waals surface area contributed by atoms with Crippen LogP contribution in [0.2, 0.25) is 0 Å². The van der Waals surface area contributed by atoms with Gasteiger partial charge in [0.05, 0.1) is 5.71 Å². The summed E-state index contributed by atoms with van der Waals surface area (Å²) in [7, 11) is 2.73. The summed E-state index contributed by atoms with van der Waals surface area (Å²) < 4.78 is 0. The van der Waals surface area contributed by atoms with Gasteiger partial charge in [-0.25, -0.2) is 14.6 Å². The van der Waals surface area contributed by atoms with Gasteiger partial charge in [0.25, 0.3) is 11.5 Å². The highest BCUT2D eigenvalue weighted by Gasteiger charge is 2.54. The van der Waals surface area contributed by atoms with E-state index in [1.54, 1.807) is 5.48 Å². The summed E-state index contributed by atoms with van der Waals surface area (Å²) >= 11 is 0. The zero-order valence-corrected chi connectivity index (χ0v) is 10.4. The third kappa shape index (κ3) is 2.12. The van der Waals surface area contributed by atoms with Crippen molar-refractivity contribution in [3.8, 4) is 0 Å². The summed E-state index contributed by atoms with van der Waals surface area (Å²) in [4.78, 5) is 32.2. The molecule has 0 aliphatic carbocycles. The Bertz CT molecular complexity index is 433. The molecule has 2 amide bonds. The van der Waals surface area contributed by atoms with Gasteiger partial charge in [-0.05, 0) is 13.8 Å². The second-order valence-corrected chi connectivity index (χ2v) is 3.56. The number of hydrogen-bond acceptors (Lipinski definition) is 6. The molecule has 1 heterocycles. The van der Waals surface area contributed by atoms with Crippen LogP contribution >= 0.6 is 0 Å². The zero-order chi connectivity index (χ0) is 13.9. The van der Waals surface area contributed by atoms with Gasteiger partial charge in [0.15, 0.2) is 0 Å². The van der Waals surface area contributed by atoms with Crippen LogP contribution in [0.5, 0.6) is 0 Å². The number of hydrazone groups is 1. The first-order valence-corrected chi connectivity index (χ1v) is 4.95. The van der Waals surface area contributed by atoms with E-state index >= 15 is 0 Å². The van der Waals surface area contributed by atoms with Crippen LogP contribution < -0.4 is 5.48 Å². The van der Waals surface area contributed by atoms with Crippen LogP contribution in [0.25, 0.3) is 0 Å². The molecular weight excluding hydrogens is 244 g/mol. The van der Waals surface area contributed by atoms with E-state index in [1.807, 2.05) is 0 Å². The molecule has 9 heteroatoms. The predicted octanol–water partition coefficient (Wildman–Crippen LogP) is -0.205. The van der Waals surface area contributed by atoms with E-state index in [0.717, 1.165) is 5.01 Å². The number of hydroxylamine groups is 1. The fourth-order valence-electron chi connectivity index (χ4n) is 1.65. The molecule has 18 heavy (non-hydrogen) atoms. The van der Waals surface area contributed by atoms with Crippen LogP contribution in [0.4, 0.5) is 4.79 Å². The monoisotopic (exact) mass is 258 g/mol. The van der Waals surface area contributed by atoms with Crippen LogP contribution in [-0.2, 0) is 14.5 Å². The lowest BCUT2D eigenvalue weighted by atomic mass is 9.93. The van der Waals surface area contributed by atoms with Gasteiger partial charge in [-0.2, -0.15) is 10.6 Å². The van der Waals surface area contributed by atoms with Crippen molar-refractivity contribution in [2.75, 3.05) is 14.2 Å².